The fourth-order valence-corrected chi connectivity index (χ4v) is 1.20. The number of hydrogen-bond donors (Lipinski definition) is 2. The van der Waals surface area contributed by atoms with Crippen molar-refractivity contribution in [2.24, 2.45) is 0 Å². The van der Waals surface area contributed by atoms with Crippen LogP contribution < -0.4 is 11.0 Å². The van der Waals surface area contributed by atoms with Gasteiger partial charge in [-0.2, -0.15) is 0 Å². The molecule has 0 aliphatic rings. The standard InChI is InChI=1S/C8H7N3O2/c1-4-10-7-6(8(13)11-4)5(12)2-3-9-7/h2-3H,1H3,(H2,9,10,11,12,13). The topological polar surface area (TPSA) is 78.6 Å². The molecule has 0 saturated carbocycles. The van der Waals surface area contributed by atoms with E-state index >= 15 is 0 Å². The first kappa shape index (κ1) is 7.72. The van der Waals surface area contributed by atoms with Gasteiger partial charge in [-0.15, -0.1) is 0 Å². The van der Waals surface area contributed by atoms with Gasteiger partial charge in [0.2, 0.25) is 0 Å². The molecule has 0 radical (unpaired) electrons. The second kappa shape index (κ2) is 2.55. The molecule has 13 heavy (non-hydrogen) atoms. The first-order valence-corrected chi connectivity index (χ1v) is 3.77. The zero-order valence-corrected chi connectivity index (χ0v) is 6.92. The molecule has 0 aliphatic heterocycles. The summed E-state index contributed by atoms with van der Waals surface area (Å²) >= 11 is 0. The molecule has 5 nitrogen and oxygen atoms in total. The molecule has 2 heterocycles. The Hall–Kier alpha value is -1.91. The lowest BCUT2D eigenvalue weighted by atomic mass is 10.3. The van der Waals surface area contributed by atoms with E-state index in [1.54, 1.807) is 6.92 Å². The van der Waals surface area contributed by atoms with Gasteiger partial charge in [-0.25, -0.2) is 4.98 Å². The number of hydrogen-bond acceptors (Lipinski definition) is 3. The minimum atomic E-state index is -0.399. The third-order valence-corrected chi connectivity index (χ3v) is 1.74. The van der Waals surface area contributed by atoms with E-state index in [-0.39, 0.29) is 10.8 Å². The van der Waals surface area contributed by atoms with Crippen molar-refractivity contribution in [2.75, 3.05) is 0 Å². The number of fused-ring (bicyclic) bond motifs is 1. The quantitative estimate of drug-likeness (QED) is 0.590. The first-order chi connectivity index (χ1) is 6.18. The van der Waals surface area contributed by atoms with Gasteiger partial charge in [-0.1, -0.05) is 0 Å². The molecule has 2 N–H and O–H groups in total. The molecule has 2 rings (SSSR count). The summed E-state index contributed by atoms with van der Waals surface area (Å²) in [5, 5.41) is 0.0769. The predicted octanol–water partition coefficient (Wildman–Crippen LogP) is -0.0802. The van der Waals surface area contributed by atoms with E-state index in [1.165, 1.54) is 12.3 Å². The number of H-pyrrole nitrogens is 2. The molecule has 2 aromatic rings. The van der Waals surface area contributed by atoms with Gasteiger partial charge in [0.25, 0.3) is 5.56 Å². The molecule has 66 valence electrons. The number of aromatic amines is 2. The van der Waals surface area contributed by atoms with Crippen molar-refractivity contribution in [3.63, 3.8) is 0 Å². The van der Waals surface area contributed by atoms with Crippen LogP contribution in [0.1, 0.15) is 5.82 Å². The number of nitrogens with one attached hydrogen (secondary N) is 2. The molecule has 0 fully saturated rings. The number of pyridine rings is 1. The molecular weight excluding hydrogens is 170 g/mol. The van der Waals surface area contributed by atoms with Crippen molar-refractivity contribution in [1.29, 1.82) is 0 Å². The van der Waals surface area contributed by atoms with Gasteiger partial charge in [-0.05, 0) is 6.92 Å². The number of rotatable bonds is 0. The molecule has 0 unspecified atom stereocenters. The summed E-state index contributed by atoms with van der Waals surface area (Å²) in [5.41, 5.74) is -0.388. The third kappa shape index (κ3) is 1.14. The van der Waals surface area contributed by atoms with E-state index in [2.05, 4.69) is 15.0 Å². The minimum absolute atomic E-state index is 0.0769. The maximum Gasteiger partial charge on any atom is 0.264 e. The summed E-state index contributed by atoms with van der Waals surface area (Å²) in [6.45, 7) is 1.66. The summed E-state index contributed by atoms with van der Waals surface area (Å²) in [5.74, 6) is 0.486. The van der Waals surface area contributed by atoms with E-state index in [9.17, 15) is 9.59 Å². The van der Waals surface area contributed by atoms with Crippen LogP contribution in [-0.4, -0.2) is 15.0 Å². The van der Waals surface area contributed by atoms with Crippen molar-refractivity contribution < 1.29 is 0 Å². The highest BCUT2D eigenvalue weighted by Gasteiger charge is 2.03. The van der Waals surface area contributed by atoms with E-state index in [0.29, 0.717) is 11.5 Å². The zero-order valence-electron chi connectivity index (χ0n) is 6.92. The fourth-order valence-electron chi connectivity index (χ4n) is 1.20. The molecule has 0 spiro atoms. The second-order valence-electron chi connectivity index (χ2n) is 2.72. The maximum absolute atomic E-state index is 11.3. The summed E-state index contributed by atoms with van der Waals surface area (Å²) in [6, 6.07) is 1.30. The van der Waals surface area contributed by atoms with Gasteiger partial charge in [0.15, 0.2) is 5.43 Å². The Morgan fingerprint density at radius 2 is 2.15 bits per heavy atom. The summed E-state index contributed by atoms with van der Waals surface area (Å²) in [4.78, 5) is 31.7. The fraction of sp³-hybridized carbons (Fsp3) is 0.125. The van der Waals surface area contributed by atoms with Crippen LogP contribution in [0.5, 0.6) is 0 Å². The Bertz CT molecular complexity index is 567. The monoisotopic (exact) mass is 177 g/mol. The summed E-state index contributed by atoms with van der Waals surface area (Å²) in [6.07, 6.45) is 1.47. The van der Waals surface area contributed by atoms with Gasteiger partial charge in [0.05, 0.1) is 0 Å². The molecule has 0 aromatic carbocycles. The molecule has 0 bridgehead atoms. The second-order valence-corrected chi connectivity index (χ2v) is 2.72. The average molecular weight is 177 g/mol. The normalized spacial score (nSPS) is 10.5. The molecule has 0 saturated heterocycles. The Balaban J connectivity index is 3.12. The van der Waals surface area contributed by atoms with Crippen LogP contribution in [0.4, 0.5) is 0 Å². The van der Waals surface area contributed by atoms with Crippen molar-refractivity contribution in [3.05, 3.63) is 38.7 Å². The van der Waals surface area contributed by atoms with E-state index in [4.69, 9.17) is 0 Å². The lowest BCUT2D eigenvalue weighted by Gasteiger charge is -1.95. The first-order valence-electron chi connectivity index (χ1n) is 3.77. The lowest BCUT2D eigenvalue weighted by molar-refractivity contribution is 1.04. The Labute approximate surface area is 72.5 Å². The molecule has 0 amide bonds. The van der Waals surface area contributed by atoms with Crippen LogP contribution in [0.25, 0.3) is 11.0 Å². The average Bonchev–Trinajstić information content (AvgIpc) is 2.02. The van der Waals surface area contributed by atoms with Gasteiger partial charge < -0.3 is 9.97 Å². The zero-order chi connectivity index (χ0) is 9.42. The highest BCUT2D eigenvalue weighted by Crippen LogP contribution is 1.95. The van der Waals surface area contributed by atoms with Crippen LogP contribution >= 0.6 is 0 Å². The summed E-state index contributed by atoms with van der Waals surface area (Å²) in [7, 11) is 0. The Kier molecular flexibility index (Phi) is 1.51. The van der Waals surface area contributed by atoms with Crippen molar-refractivity contribution >= 4 is 11.0 Å². The van der Waals surface area contributed by atoms with E-state index in [1.807, 2.05) is 0 Å². The highest BCUT2D eigenvalue weighted by molar-refractivity contribution is 5.72. The Morgan fingerprint density at radius 1 is 1.38 bits per heavy atom. The van der Waals surface area contributed by atoms with E-state index in [0.717, 1.165) is 0 Å². The third-order valence-electron chi connectivity index (χ3n) is 1.74. The molecular formula is C8H7N3O2. The van der Waals surface area contributed by atoms with Gasteiger partial charge >= 0.3 is 0 Å². The molecule has 0 atom stereocenters. The molecule has 0 aliphatic carbocycles. The van der Waals surface area contributed by atoms with Crippen molar-refractivity contribution in [2.45, 2.75) is 6.92 Å². The number of nitrogens with zero attached hydrogens (tertiary/aromatic N) is 1. The largest absolute Gasteiger partial charge is 0.346 e. The van der Waals surface area contributed by atoms with Crippen LogP contribution in [0, 0.1) is 6.92 Å². The lowest BCUT2D eigenvalue weighted by Crippen LogP contribution is -2.18. The van der Waals surface area contributed by atoms with E-state index < -0.39 is 5.56 Å². The van der Waals surface area contributed by atoms with Gasteiger partial charge in [-0.3, -0.25) is 9.59 Å². The maximum atomic E-state index is 11.3. The van der Waals surface area contributed by atoms with Crippen LogP contribution in [0.15, 0.2) is 21.9 Å². The summed E-state index contributed by atoms with van der Waals surface area (Å²) < 4.78 is 0. The number of aryl methyl sites for hydroxylation is 1. The van der Waals surface area contributed by atoms with Crippen LogP contribution in [0.3, 0.4) is 0 Å². The van der Waals surface area contributed by atoms with Crippen LogP contribution in [0.2, 0.25) is 0 Å². The number of aromatic nitrogens is 3. The van der Waals surface area contributed by atoms with Crippen LogP contribution in [-0.2, 0) is 0 Å². The van der Waals surface area contributed by atoms with Gasteiger partial charge in [0.1, 0.15) is 16.9 Å². The minimum Gasteiger partial charge on any atom is -0.346 e. The van der Waals surface area contributed by atoms with Crippen molar-refractivity contribution in [3.8, 4) is 0 Å². The SMILES string of the molecule is Cc1nc2[nH]ccc(=O)c2c(=O)[nH]1. The smallest absolute Gasteiger partial charge is 0.264 e. The molecule has 5 heteroatoms. The highest BCUT2D eigenvalue weighted by atomic mass is 16.1. The Morgan fingerprint density at radius 3 is 2.92 bits per heavy atom. The molecule has 2 aromatic heterocycles. The van der Waals surface area contributed by atoms with Gasteiger partial charge in [0, 0.05) is 12.3 Å². The van der Waals surface area contributed by atoms with Crippen molar-refractivity contribution in [1.82, 2.24) is 15.0 Å². The predicted molar refractivity (Wildman–Crippen MR) is 47.7 cm³/mol.